The van der Waals surface area contributed by atoms with Gasteiger partial charge in [-0.3, -0.25) is 20.1 Å². The minimum atomic E-state index is -4.60. The highest BCUT2D eigenvalue weighted by Crippen LogP contribution is 2.40. The van der Waals surface area contributed by atoms with Gasteiger partial charge in [-0.25, -0.2) is 0 Å². The summed E-state index contributed by atoms with van der Waals surface area (Å²) < 4.78 is 42.8. The van der Waals surface area contributed by atoms with E-state index < -0.39 is 23.9 Å². The Morgan fingerprint density at radius 2 is 1.67 bits per heavy atom. The Balaban J connectivity index is 2.96. The summed E-state index contributed by atoms with van der Waals surface area (Å²) in [5.74, 6) is 0. The van der Waals surface area contributed by atoms with Crippen LogP contribution in [0.15, 0.2) is 0 Å². The second-order valence-corrected chi connectivity index (χ2v) is 7.05. The van der Waals surface area contributed by atoms with Crippen molar-refractivity contribution in [1.29, 1.82) is 0 Å². The van der Waals surface area contributed by atoms with Crippen LogP contribution in [-0.2, 0) is 14.9 Å². The van der Waals surface area contributed by atoms with Gasteiger partial charge in [-0.2, -0.15) is 8.42 Å². The van der Waals surface area contributed by atoms with Gasteiger partial charge in [0.2, 0.25) is 0 Å². The van der Waals surface area contributed by atoms with E-state index in [1.54, 1.807) is 0 Å². The van der Waals surface area contributed by atoms with Crippen LogP contribution in [0.4, 0.5) is 0 Å². The average Bonchev–Trinajstić information content (AvgIpc) is 2.00. The molecule has 0 aliphatic heterocycles. The minimum Gasteiger partial charge on any atom is -0.273 e. The lowest BCUT2D eigenvalue weighted by Gasteiger charge is -2.32. The van der Waals surface area contributed by atoms with Gasteiger partial charge in [0.05, 0.1) is 0 Å². The topological polar surface area (TPSA) is 127 Å². The highest BCUT2D eigenvalue weighted by atomic mass is 32.2. The Bertz CT molecular complexity index is 359. The van der Waals surface area contributed by atoms with E-state index in [1.165, 1.54) is 0 Å². The molecule has 1 aliphatic rings. The van der Waals surface area contributed by atoms with Crippen molar-refractivity contribution in [1.82, 2.24) is 4.08 Å². The molecule has 15 heavy (non-hydrogen) atoms. The van der Waals surface area contributed by atoms with Crippen molar-refractivity contribution >= 4 is 17.9 Å². The monoisotopic (exact) mass is 257 g/mol. The highest BCUT2D eigenvalue weighted by molar-refractivity contribution is 7.90. The van der Waals surface area contributed by atoms with Gasteiger partial charge < -0.3 is 0 Å². The van der Waals surface area contributed by atoms with Gasteiger partial charge in [-0.15, -0.1) is 0 Å². The Labute approximate surface area is 89.2 Å². The summed E-state index contributed by atoms with van der Waals surface area (Å²) in [5.41, 5.74) is 10.2. The number of rotatable bonds is 3. The maximum absolute atomic E-state index is 11.4. The van der Waals surface area contributed by atoms with Crippen LogP contribution in [0.3, 0.4) is 0 Å². The van der Waals surface area contributed by atoms with Crippen LogP contribution in [0, 0.1) is 0 Å². The summed E-state index contributed by atoms with van der Waals surface area (Å²) in [6, 6.07) is -0.547. The molecule has 0 spiro atoms. The van der Waals surface area contributed by atoms with E-state index >= 15 is 0 Å². The lowest BCUT2D eigenvalue weighted by Crippen LogP contribution is -2.42. The number of nitrogens with zero attached hydrogens (tertiary/aromatic N) is 1. The molecule has 7 nitrogen and oxygen atoms in total. The Morgan fingerprint density at radius 1 is 1.20 bits per heavy atom. The van der Waals surface area contributed by atoms with Gasteiger partial charge in [0.15, 0.2) is 0 Å². The Morgan fingerprint density at radius 3 is 2.00 bits per heavy atom. The highest BCUT2D eigenvalue weighted by Gasteiger charge is 2.39. The lowest BCUT2D eigenvalue weighted by atomic mass is 9.96. The summed E-state index contributed by atoms with van der Waals surface area (Å²) in [6.07, 6.45) is 3.68. The molecule has 0 saturated heterocycles. The predicted octanol–water partition coefficient (Wildman–Crippen LogP) is 0.449. The molecule has 0 heterocycles. The first-order valence-corrected chi connectivity index (χ1v) is 7.87. The van der Waals surface area contributed by atoms with Crippen LogP contribution in [-0.4, -0.2) is 23.1 Å². The fourth-order valence-electron chi connectivity index (χ4n) is 1.91. The molecule has 0 radical (unpaired) electrons. The second-order valence-electron chi connectivity index (χ2n) is 3.71. The summed E-state index contributed by atoms with van der Waals surface area (Å²) in [5, 5.41) is 0. The van der Waals surface area contributed by atoms with E-state index in [1.807, 2.05) is 0 Å². The van der Waals surface area contributed by atoms with Crippen molar-refractivity contribution < 1.29 is 17.5 Å². The zero-order valence-electron chi connectivity index (χ0n) is 8.24. The molecule has 0 aromatic heterocycles. The quantitative estimate of drug-likeness (QED) is 0.497. The molecule has 9 heteroatoms. The molecule has 1 aliphatic carbocycles. The molecule has 1 saturated carbocycles. The summed E-state index contributed by atoms with van der Waals surface area (Å²) >= 11 is 0. The lowest BCUT2D eigenvalue weighted by molar-refractivity contribution is 0.305. The smallest absolute Gasteiger partial charge is 0.273 e. The first-order valence-electron chi connectivity index (χ1n) is 4.67. The molecule has 1 fully saturated rings. The number of hydrogen-bond donors (Lipinski definition) is 3. The number of nitrogens with two attached hydrogens (primary N) is 2. The van der Waals surface area contributed by atoms with Gasteiger partial charge in [-0.1, -0.05) is 23.3 Å². The van der Waals surface area contributed by atoms with Gasteiger partial charge in [0.25, 0.3) is 7.59 Å². The first-order chi connectivity index (χ1) is 6.73. The van der Waals surface area contributed by atoms with Gasteiger partial charge in [0, 0.05) is 6.04 Å². The predicted molar refractivity (Wildman–Crippen MR) is 56.2 cm³/mol. The average molecular weight is 257 g/mol. The largest absolute Gasteiger partial charge is 0.343 e. The van der Waals surface area contributed by atoms with Crippen molar-refractivity contribution in [3.63, 3.8) is 0 Å². The van der Waals surface area contributed by atoms with E-state index in [9.17, 15) is 13.0 Å². The molecule has 90 valence electrons. The van der Waals surface area contributed by atoms with Crippen LogP contribution in [0.1, 0.15) is 32.1 Å². The van der Waals surface area contributed by atoms with Crippen molar-refractivity contribution in [2.24, 2.45) is 11.0 Å². The van der Waals surface area contributed by atoms with Gasteiger partial charge >= 0.3 is 10.3 Å². The van der Waals surface area contributed by atoms with E-state index in [2.05, 4.69) is 0 Å². The molecule has 0 aromatic carbocycles. The Kier molecular flexibility index (Phi) is 3.91. The van der Waals surface area contributed by atoms with Gasteiger partial charge in [0.1, 0.15) is 0 Å². The van der Waals surface area contributed by atoms with Crippen molar-refractivity contribution in [2.45, 2.75) is 38.1 Å². The van der Waals surface area contributed by atoms with Crippen LogP contribution in [0.5, 0.6) is 0 Å². The molecule has 1 rings (SSSR count). The fraction of sp³-hybridized carbons (Fsp3) is 1.00. The maximum atomic E-state index is 11.4. The van der Waals surface area contributed by atoms with Gasteiger partial charge in [-0.05, 0) is 12.8 Å². The van der Waals surface area contributed by atoms with Crippen LogP contribution >= 0.6 is 7.59 Å². The normalized spacial score (nSPS) is 20.8. The van der Waals surface area contributed by atoms with Crippen molar-refractivity contribution in [2.75, 3.05) is 0 Å². The third kappa shape index (κ3) is 3.51. The molecule has 0 aromatic rings. The zero-order chi connectivity index (χ0) is 11.7. The molecular weight excluding hydrogens is 241 g/mol. The summed E-state index contributed by atoms with van der Waals surface area (Å²) in [6.45, 7) is 0. The molecule has 0 unspecified atom stereocenters. The fourth-order valence-corrected chi connectivity index (χ4v) is 4.53. The maximum Gasteiger partial charge on any atom is 0.343 e. The van der Waals surface area contributed by atoms with E-state index in [0.29, 0.717) is 16.9 Å². The minimum absolute atomic E-state index is 0.374. The zero-order valence-corrected chi connectivity index (χ0v) is 9.95. The first kappa shape index (κ1) is 13.1. The summed E-state index contributed by atoms with van der Waals surface area (Å²) in [4.78, 5) is 0. The van der Waals surface area contributed by atoms with E-state index in [-0.39, 0.29) is 0 Å². The van der Waals surface area contributed by atoms with Crippen molar-refractivity contribution in [3.8, 4) is 0 Å². The number of hydrogen-bond acceptors (Lipinski definition) is 3. The summed E-state index contributed by atoms with van der Waals surface area (Å²) in [7, 11) is -8.57. The van der Waals surface area contributed by atoms with Crippen LogP contribution in [0.25, 0.3) is 0 Å². The Hall–Kier alpha value is 0.0200. The van der Waals surface area contributed by atoms with Crippen LogP contribution < -0.4 is 11.0 Å². The molecular formula is C6H16N3O4PS. The molecule has 0 bridgehead atoms. The third-order valence-corrected chi connectivity index (χ3v) is 5.53. The van der Waals surface area contributed by atoms with Crippen molar-refractivity contribution in [3.05, 3.63) is 0 Å². The molecule has 0 amide bonds. The third-order valence-electron chi connectivity index (χ3n) is 2.43. The SMILES string of the molecule is NP(N)(=O)N(C1CCCCC1)S(=O)(=O)O. The molecule has 0 atom stereocenters. The second kappa shape index (κ2) is 4.48. The van der Waals surface area contributed by atoms with E-state index in [4.69, 9.17) is 15.6 Å². The van der Waals surface area contributed by atoms with E-state index in [0.717, 1.165) is 19.3 Å². The standard InChI is InChI=1S/C6H16N3O4PS/c7-14(8,10)9(15(11,12)13)6-4-2-1-3-5-6/h6H,1-5H2,(H4,7,8,10)(H,11,12,13). The molecule has 5 N–H and O–H groups in total. The van der Waals surface area contributed by atoms with Crippen LogP contribution in [0.2, 0.25) is 0 Å².